The second kappa shape index (κ2) is 15.2. The Morgan fingerprint density at radius 1 is 0.659 bits per heavy atom. The molecule has 0 unspecified atom stereocenters. The predicted octanol–water partition coefficient (Wildman–Crippen LogP) is 4.71. The first-order chi connectivity index (χ1) is 19.8. The first-order valence-corrected chi connectivity index (χ1v) is 15.2. The number of aliphatic hydroxyl groups is 1. The van der Waals surface area contributed by atoms with Crippen molar-refractivity contribution in [3.05, 3.63) is 108 Å². The summed E-state index contributed by atoms with van der Waals surface area (Å²) >= 11 is 0. The number of aliphatic hydroxyl groups excluding tert-OH is 1. The largest absolute Gasteiger partial charge is 0.394 e. The van der Waals surface area contributed by atoms with Crippen molar-refractivity contribution in [3.8, 4) is 0 Å². The van der Waals surface area contributed by atoms with Crippen molar-refractivity contribution in [2.24, 2.45) is 0 Å². The number of nitrogens with zero attached hydrogens (tertiary/aromatic N) is 2. The zero-order valence-electron chi connectivity index (χ0n) is 24.1. The van der Waals surface area contributed by atoms with Gasteiger partial charge in [-0.25, -0.2) is 9.34 Å². The van der Waals surface area contributed by atoms with Crippen LogP contribution in [0.5, 0.6) is 0 Å². The minimum atomic E-state index is -3.50. The number of ether oxygens (including phenoxy) is 4. The Kier molecular flexibility index (Phi) is 11.6. The van der Waals surface area contributed by atoms with E-state index in [4.69, 9.17) is 23.5 Å². The van der Waals surface area contributed by atoms with Crippen molar-refractivity contribution in [3.63, 3.8) is 0 Å². The monoisotopic (exact) mass is 584 g/mol. The molecule has 3 aromatic rings. The van der Waals surface area contributed by atoms with Crippen LogP contribution in [0.25, 0.3) is 0 Å². The fourth-order valence-corrected chi connectivity index (χ4v) is 6.19. The Hall–Kier alpha value is -2.43. The standard InChI is InChI=1S/C31H41N2O7P/c1-32(2)41(35,33(3)4)40-31-30(38-23-26-18-12-7-13-19-26)29(37-22-25-16-10-6-11-17-25)28(27(20-34)39-31)36-21-24-14-8-5-9-15-24/h5-19,27-31,34H,20-23H2,1-4H3/t27-,28-,29+,30-,31-/m1/s1. The van der Waals surface area contributed by atoms with E-state index >= 15 is 0 Å². The maximum Gasteiger partial charge on any atom is 0.347 e. The normalized spacial score (nSPS) is 23.2. The highest BCUT2D eigenvalue weighted by molar-refractivity contribution is 7.53. The van der Waals surface area contributed by atoms with Gasteiger partial charge in [-0.2, -0.15) is 0 Å². The van der Waals surface area contributed by atoms with Gasteiger partial charge < -0.3 is 24.1 Å². The summed E-state index contributed by atoms with van der Waals surface area (Å²) in [7, 11) is 3.23. The molecule has 10 heteroatoms. The van der Waals surface area contributed by atoms with Crippen LogP contribution in [0.15, 0.2) is 91.0 Å². The van der Waals surface area contributed by atoms with E-state index in [1.165, 1.54) is 9.34 Å². The third-order valence-corrected chi connectivity index (χ3v) is 9.38. The van der Waals surface area contributed by atoms with Crippen molar-refractivity contribution >= 4 is 7.67 Å². The van der Waals surface area contributed by atoms with E-state index in [1.807, 2.05) is 91.0 Å². The minimum Gasteiger partial charge on any atom is -0.394 e. The molecule has 1 N–H and O–H groups in total. The Labute approximate surface area is 243 Å². The summed E-state index contributed by atoms with van der Waals surface area (Å²) in [5.41, 5.74) is 2.88. The van der Waals surface area contributed by atoms with Crippen LogP contribution in [-0.2, 0) is 47.9 Å². The molecule has 1 fully saturated rings. The molecule has 0 radical (unpaired) electrons. The molecule has 41 heavy (non-hydrogen) atoms. The zero-order valence-corrected chi connectivity index (χ0v) is 25.0. The van der Waals surface area contributed by atoms with E-state index in [1.54, 1.807) is 28.2 Å². The quantitative estimate of drug-likeness (QED) is 0.271. The molecule has 0 aromatic heterocycles. The van der Waals surface area contributed by atoms with Gasteiger partial charge in [-0.3, -0.25) is 9.09 Å². The minimum absolute atomic E-state index is 0.239. The summed E-state index contributed by atoms with van der Waals surface area (Å²) in [5.74, 6) is 0. The van der Waals surface area contributed by atoms with Crippen LogP contribution in [0.1, 0.15) is 16.7 Å². The molecule has 1 aliphatic heterocycles. The molecule has 0 aliphatic carbocycles. The van der Waals surface area contributed by atoms with E-state index in [0.29, 0.717) is 0 Å². The van der Waals surface area contributed by atoms with Gasteiger partial charge in [0.2, 0.25) is 0 Å². The molecule has 4 rings (SSSR count). The summed E-state index contributed by atoms with van der Waals surface area (Å²) < 4.78 is 48.9. The smallest absolute Gasteiger partial charge is 0.347 e. The van der Waals surface area contributed by atoms with Crippen LogP contribution in [0, 0.1) is 0 Å². The van der Waals surface area contributed by atoms with Gasteiger partial charge in [0.05, 0.1) is 26.4 Å². The number of hydrogen-bond acceptors (Lipinski definition) is 7. The van der Waals surface area contributed by atoms with Crippen LogP contribution < -0.4 is 0 Å². The highest BCUT2D eigenvalue weighted by Crippen LogP contribution is 2.53. The Morgan fingerprint density at radius 3 is 1.44 bits per heavy atom. The average Bonchev–Trinajstić information content (AvgIpc) is 2.99. The molecule has 0 spiro atoms. The van der Waals surface area contributed by atoms with Crippen LogP contribution >= 0.6 is 7.67 Å². The summed E-state index contributed by atoms with van der Waals surface area (Å²) in [6.45, 7) is 0.431. The Bertz CT molecular complexity index is 1200. The van der Waals surface area contributed by atoms with Crippen molar-refractivity contribution in [1.29, 1.82) is 0 Å². The lowest BCUT2D eigenvalue weighted by molar-refractivity contribution is -0.309. The topological polar surface area (TPSA) is 89.9 Å². The van der Waals surface area contributed by atoms with Crippen LogP contribution in [0.3, 0.4) is 0 Å². The van der Waals surface area contributed by atoms with Gasteiger partial charge in [0.15, 0.2) is 6.29 Å². The summed E-state index contributed by atoms with van der Waals surface area (Å²) in [6.07, 6.45) is -4.21. The van der Waals surface area contributed by atoms with Crippen LogP contribution in [-0.4, -0.2) is 80.0 Å². The molecule has 1 saturated heterocycles. The second-order valence-electron chi connectivity index (χ2n) is 10.3. The van der Waals surface area contributed by atoms with Gasteiger partial charge in [0.1, 0.15) is 24.4 Å². The Balaban J connectivity index is 1.68. The maximum absolute atomic E-state index is 13.9. The van der Waals surface area contributed by atoms with E-state index in [2.05, 4.69) is 0 Å². The van der Waals surface area contributed by atoms with E-state index < -0.39 is 38.4 Å². The summed E-state index contributed by atoms with van der Waals surface area (Å²) in [4.78, 5) is 0. The third-order valence-electron chi connectivity index (χ3n) is 6.88. The molecular weight excluding hydrogens is 543 g/mol. The number of benzene rings is 3. The molecule has 3 aromatic carbocycles. The van der Waals surface area contributed by atoms with Crippen molar-refractivity contribution in [1.82, 2.24) is 9.34 Å². The molecule has 1 aliphatic rings. The van der Waals surface area contributed by atoms with Gasteiger partial charge in [-0.15, -0.1) is 0 Å². The van der Waals surface area contributed by atoms with Crippen molar-refractivity contribution in [2.45, 2.75) is 50.5 Å². The molecular formula is C31H41N2O7P. The second-order valence-corrected chi connectivity index (χ2v) is 13.1. The van der Waals surface area contributed by atoms with Crippen LogP contribution in [0.4, 0.5) is 0 Å². The van der Waals surface area contributed by atoms with Crippen LogP contribution in [0.2, 0.25) is 0 Å². The first kappa shape index (κ1) is 31.5. The molecule has 1 heterocycles. The fraction of sp³-hybridized carbons (Fsp3) is 0.419. The lowest BCUT2D eigenvalue weighted by Crippen LogP contribution is -2.61. The van der Waals surface area contributed by atoms with Gasteiger partial charge in [-0.05, 0) is 44.9 Å². The third kappa shape index (κ3) is 8.32. The zero-order chi connectivity index (χ0) is 29.2. The van der Waals surface area contributed by atoms with Gasteiger partial charge in [0, 0.05) is 0 Å². The van der Waals surface area contributed by atoms with E-state index in [9.17, 15) is 9.67 Å². The highest BCUT2D eigenvalue weighted by Gasteiger charge is 2.51. The molecule has 0 bridgehead atoms. The van der Waals surface area contributed by atoms with Crippen molar-refractivity contribution in [2.75, 3.05) is 34.8 Å². The lowest BCUT2D eigenvalue weighted by Gasteiger charge is -2.46. The number of hydrogen-bond donors (Lipinski definition) is 1. The number of rotatable bonds is 14. The predicted molar refractivity (Wildman–Crippen MR) is 157 cm³/mol. The van der Waals surface area contributed by atoms with Crippen molar-refractivity contribution < 1.29 is 33.1 Å². The SMILES string of the molecule is CN(C)P(=O)(O[C@H]1O[C@H](CO)[C@@H](OCc2ccccc2)[C@H](OCc2ccccc2)[C@H]1OCc1ccccc1)N(C)C. The molecule has 9 nitrogen and oxygen atoms in total. The summed E-state index contributed by atoms with van der Waals surface area (Å²) in [5, 5.41) is 10.4. The van der Waals surface area contributed by atoms with Gasteiger partial charge in [0.25, 0.3) is 0 Å². The molecule has 5 atom stereocenters. The molecule has 222 valence electrons. The molecule has 0 saturated carbocycles. The first-order valence-electron chi connectivity index (χ1n) is 13.7. The lowest BCUT2D eigenvalue weighted by atomic mass is 9.98. The summed E-state index contributed by atoms with van der Waals surface area (Å²) in [6, 6.07) is 29.3. The van der Waals surface area contributed by atoms with Gasteiger partial charge in [-0.1, -0.05) is 91.0 Å². The van der Waals surface area contributed by atoms with Gasteiger partial charge >= 0.3 is 7.67 Å². The molecule has 0 amide bonds. The maximum atomic E-state index is 13.9. The fourth-order valence-electron chi connectivity index (χ4n) is 4.66. The average molecular weight is 585 g/mol. The Morgan fingerprint density at radius 2 is 1.05 bits per heavy atom. The van der Waals surface area contributed by atoms with E-state index in [0.717, 1.165) is 16.7 Å². The highest BCUT2D eigenvalue weighted by atomic mass is 31.2. The van der Waals surface area contributed by atoms with E-state index in [-0.39, 0.29) is 26.4 Å².